The van der Waals surface area contributed by atoms with E-state index in [2.05, 4.69) is 5.32 Å². The first-order valence-corrected chi connectivity index (χ1v) is 8.14. The first kappa shape index (κ1) is 15.4. The van der Waals surface area contributed by atoms with Gasteiger partial charge >= 0.3 is 0 Å². The Morgan fingerprint density at radius 2 is 1.89 bits per heavy atom. The summed E-state index contributed by atoms with van der Waals surface area (Å²) < 4.78 is 24.0. The number of amides is 1. The number of carbonyl (C=O) groups is 1. The first-order valence-electron chi connectivity index (χ1n) is 6.43. The molecule has 3 N–H and O–H groups in total. The summed E-state index contributed by atoms with van der Waals surface area (Å²) in [7, 11) is -3.50. The van der Waals surface area contributed by atoms with Gasteiger partial charge in [-0.3, -0.25) is 4.79 Å². The molecule has 1 atom stereocenters. The number of carbonyl (C=O) groups excluding carboxylic acids is 1. The van der Waals surface area contributed by atoms with Crippen molar-refractivity contribution in [1.29, 1.82) is 0 Å². The van der Waals surface area contributed by atoms with Crippen molar-refractivity contribution in [2.24, 2.45) is 5.73 Å². The van der Waals surface area contributed by atoms with Gasteiger partial charge in [0.15, 0.2) is 9.84 Å². The normalized spacial score (nSPS) is 19.8. The highest BCUT2D eigenvalue weighted by Gasteiger charge is 2.33. The van der Waals surface area contributed by atoms with Crippen molar-refractivity contribution in [3.05, 3.63) is 0 Å². The lowest BCUT2D eigenvalue weighted by molar-refractivity contribution is -0.121. The van der Waals surface area contributed by atoms with E-state index in [0.29, 0.717) is 0 Å². The van der Waals surface area contributed by atoms with Crippen LogP contribution < -0.4 is 11.1 Å². The van der Waals surface area contributed by atoms with Crippen LogP contribution in [0.1, 0.15) is 46.5 Å². The molecule has 18 heavy (non-hydrogen) atoms. The largest absolute Gasteiger partial charge is 0.352 e. The number of sulfone groups is 1. The van der Waals surface area contributed by atoms with Gasteiger partial charge in [-0.1, -0.05) is 12.8 Å². The summed E-state index contributed by atoms with van der Waals surface area (Å²) in [5.74, 6) is -0.578. The van der Waals surface area contributed by atoms with E-state index in [0.717, 1.165) is 25.7 Å². The molecule has 0 aromatic heterocycles. The molecule has 6 heteroatoms. The van der Waals surface area contributed by atoms with E-state index in [-0.39, 0.29) is 11.8 Å². The highest BCUT2D eigenvalue weighted by atomic mass is 32.2. The van der Waals surface area contributed by atoms with Crippen molar-refractivity contribution in [2.45, 2.75) is 63.3 Å². The fourth-order valence-electron chi connectivity index (χ4n) is 2.20. The molecule has 1 unspecified atom stereocenters. The lowest BCUT2D eigenvalue weighted by Gasteiger charge is -2.22. The summed E-state index contributed by atoms with van der Waals surface area (Å²) in [4.78, 5) is 11.9. The predicted molar refractivity (Wildman–Crippen MR) is 71.9 cm³/mol. The van der Waals surface area contributed by atoms with Gasteiger partial charge in [-0.05, 0) is 33.6 Å². The minimum absolute atomic E-state index is 0.140. The van der Waals surface area contributed by atoms with Crippen LogP contribution in [-0.2, 0) is 14.6 Å². The Morgan fingerprint density at radius 3 is 2.33 bits per heavy atom. The highest BCUT2D eigenvalue weighted by molar-refractivity contribution is 7.92. The topological polar surface area (TPSA) is 89.3 Å². The number of hydrogen-bond acceptors (Lipinski definition) is 4. The smallest absolute Gasteiger partial charge is 0.238 e. The van der Waals surface area contributed by atoms with Gasteiger partial charge in [-0.2, -0.15) is 0 Å². The monoisotopic (exact) mass is 276 g/mol. The summed E-state index contributed by atoms with van der Waals surface area (Å²) in [5.41, 5.74) is 4.89. The van der Waals surface area contributed by atoms with Gasteiger partial charge in [0.05, 0.1) is 5.75 Å². The highest BCUT2D eigenvalue weighted by Crippen LogP contribution is 2.18. The Bertz CT molecular complexity index is 392. The van der Waals surface area contributed by atoms with E-state index in [9.17, 15) is 13.2 Å². The van der Waals surface area contributed by atoms with E-state index in [4.69, 9.17) is 5.73 Å². The van der Waals surface area contributed by atoms with Crippen LogP contribution in [0.4, 0.5) is 0 Å². The Morgan fingerprint density at radius 1 is 1.39 bits per heavy atom. The van der Waals surface area contributed by atoms with Crippen LogP contribution in [0.5, 0.6) is 0 Å². The summed E-state index contributed by atoms with van der Waals surface area (Å²) in [6.45, 7) is 4.73. The Hall–Kier alpha value is -0.620. The zero-order valence-corrected chi connectivity index (χ0v) is 12.2. The van der Waals surface area contributed by atoms with Crippen molar-refractivity contribution >= 4 is 15.7 Å². The standard InChI is InChI=1S/C12H24N2O3S/c1-9(18(16,17)8-12(2,3)13)11(15)14-10-6-4-5-7-10/h9-10H,4-8,13H2,1-3H3,(H,14,15). The molecule has 1 aliphatic rings. The summed E-state index contributed by atoms with van der Waals surface area (Å²) >= 11 is 0. The zero-order chi connectivity index (χ0) is 14.0. The SMILES string of the molecule is CC(C(=O)NC1CCCC1)S(=O)(=O)CC(C)(C)N. The second-order valence-electron chi connectivity index (χ2n) is 5.93. The molecule has 106 valence electrons. The number of hydrogen-bond donors (Lipinski definition) is 2. The number of nitrogens with two attached hydrogens (primary N) is 1. The first-order chi connectivity index (χ1) is 8.12. The summed E-state index contributed by atoms with van der Waals surface area (Å²) in [6.07, 6.45) is 4.09. The molecule has 1 rings (SSSR count). The number of rotatable bonds is 5. The predicted octanol–water partition coefficient (Wildman–Crippen LogP) is 0.586. The summed E-state index contributed by atoms with van der Waals surface area (Å²) in [6, 6.07) is 0.140. The molecule has 0 bridgehead atoms. The molecule has 0 aliphatic heterocycles. The van der Waals surface area contributed by atoms with Crippen LogP contribution in [-0.4, -0.2) is 36.9 Å². The molecular weight excluding hydrogens is 252 g/mol. The molecule has 0 spiro atoms. The van der Waals surface area contributed by atoms with Gasteiger partial charge in [0, 0.05) is 11.6 Å². The minimum atomic E-state index is -3.50. The maximum atomic E-state index is 12.0. The third kappa shape index (κ3) is 4.57. The van der Waals surface area contributed by atoms with E-state index < -0.39 is 26.5 Å². The molecule has 1 aliphatic carbocycles. The van der Waals surface area contributed by atoms with Crippen LogP contribution in [0.15, 0.2) is 0 Å². The molecule has 0 radical (unpaired) electrons. The van der Waals surface area contributed by atoms with Crippen LogP contribution in [0.3, 0.4) is 0 Å². The van der Waals surface area contributed by atoms with E-state index >= 15 is 0 Å². The molecule has 0 saturated heterocycles. The molecule has 0 aromatic rings. The van der Waals surface area contributed by atoms with Gasteiger partial charge in [-0.15, -0.1) is 0 Å². The number of nitrogens with one attached hydrogen (secondary N) is 1. The second-order valence-corrected chi connectivity index (χ2v) is 8.25. The molecule has 0 heterocycles. The van der Waals surface area contributed by atoms with Crippen molar-refractivity contribution in [3.8, 4) is 0 Å². The van der Waals surface area contributed by atoms with Crippen LogP contribution in [0, 0.1) is 0 Å². The average molecular weight is 276 g/mol. The zero-order valence-electron chi connectivity index (χ0n) is 11.4. The molecule has 1 amide bonds. The molecular formula is C12H24N2O3S. The third-order valence-electron chi connectivity index (χ3n) is 3.18. The lowest BCUT2D eigenvalue weighted by atomic mass is 10.1. The minimum Gasteiger partial charge on any atom is -0.352 e. The summed E-state index contributed by atoms with van der Waals surface area (Å²) in [5, 5.41) is 1.78. The van der Waals surface area contributed by atoms with Crippen LogP contribution in [0.2, 0.25) is 0 Å². The Kier molecular flexibility index (Phi) is 4.78. The van der Waals surface area contributed by atoms with E-state index in [1.54, 1.807) is 13.8 Å². The van der Waals surface area contributed by atoms with Crippen LogP contribution >= 0.6 is 0 Å². The fourth-order valence-corrected chi connectivity index (χ4v) is 3.88. The fraction of sp³-hybridized carbons (Fsp3) is 0.917. The molecule has 5 nitrogen and oxygen atoms in total. The van der Waals surface area contributed by atoms with Gasteiger partial charge in [0.1, 0.15) is 5.25 Å². The molecule has 1 saturated carbocycles. The Balaban J connectivity index is 2.61. The third-order valence-corrected chi connectivity index (χ3v) is 5.62. The van der Waals surface area contributed by atoms with Crippen molar-refractivity contribution < 1.29 is 13.2 Å². The lowest BCUT2D eigenvalue weighted by Crippen LogP contribution is -2.48. The second kappa shape index (κ2) is 5.57. The van der Waals surface area contributed by atoms with E-state index in [1.165, 1.54) is 6.92 Å². The van der Waals surface area contributed by atoms with E-state index in [1.807, 2.05) is 0 Å². The van der Waals surface area contributed by atoms with Crippen molar-refractivity contribution in [2.75, 3.05) is 5.75 Å². The maximum Gasteiger partial charge on any atom is 0.238 e. The van der Waals surface area contributed by atoms with Crippen molar-refractivity contribution in [1.82, 2.24) is 5.32 Å². The van der Waals surface area contributed by atoms with Crippen molar-refractivity contribution in [3.63, 3.8) is 0 Å². The maximum absolute atomic E-state index is 12.0. The van der Waals surface area contributed by atoms with Gasteiger partial charge < -0.3 is 11.1 Å². The van der Waals surface area contributed by atoms with Gasteiger partial charge in [-0.25, -0.2) is 8.42 Å². The quantitative estimate of drug-likeness (QED) is 0.769. The average Bonchev–Trinajstić information content (AvgIpc) is 2.65. The Labute approximate surface area is 109 Å². The van der Waals surface area contributed by atoms with Crippen LogP contribution in [0.25, 0.3) is 0 Å². The molecule has 0 aromatic carbocycles. The van der Waals surface area contributed by atoms with Gasteiger partial charge in [0.25, 0.3) is 0 Å². The molecule has 1 fully saturated rings. The van der Waals surface area contributed by atoms with Gasteiger partial charge in [0.2, 0.25) is 5.91 Å².